The second kappa shape index (κ2) is 13.7. The highest BCUT2D eigenvalue weighted by atomic mass is 14.9. The number of benzene rings is 3. The number of rotatable bonds is 8. The second-order valence-corrected chi connectivity index (χ2v) is 11.7. The number of nitrogens with two attached hydrogens (primary N) is 1. The standard InChI is InChI=1S/C42H30N8/c43-33-25-30(17-19-34(33)48-40(35-10-2-6-22-45-35)27-32-9-1-5-21-44-32)28-13-15-29(16-14-28)31-18-20-36-39(26-31)50-42(38-12-4-8-24-47-38)41(49-36)37-11-3-7-23-46-37/h1-26H,27,43H2/b48-40+. The van der Waals surface area contributed by atoms with Gasteiger partial charge in [0.15, 0.2) is 0 Å². The summed E-state index contributed by atoms with van der Waals surface area (Å²) in [6.07, 6.45) is 7.61. The fourth-order valence-corrected chi connectivity index (χ4v) is 5.83. The molecule has 0 spiro atoms. The van der Waals surface area contributed by atoms with Crippen molar-refractivity contribution < 1.29 is 0 Å². The summed E-state index contributed by atoms with van der Waals surface area (Å²) in [7, 11) is 0. The van der Waals surface area contributed by atoms with Crippen LogP contribution in [0, 0.1) is 0 Å². The molecule has 0 bridgehead atoms. The van der Waals surface area contributed by atoms with E-state index in [4.69, 9.17) is 20.7 Å². The lowest BCUT2D eigenvalue weighted by Gasteiger charge is -2.11. The van der Waals surface area contributed by atoms with Gasteiger partial charge in [0.1, 0.15) is 11.4 Å². The molecule has 0 atom stereocenters. The summed E-state index contributed by atoms with van der Waals surface area (Å²) >= 11 is 0. The summed E-state index contributed by atoms with van der Waals surface area (Å²) in [5.74, 6) is 0. The van der Waals surface area contributed by atoms with Gasteiger partial charge in [0, 0.05) is 36.9 Å². The molecule has 50 heavy (non-hydrogen) atoms. The minimum absolute atomic E-state index is 0.538. The number of hydrogen-bond donors (Lipinski definition) is 1. The Morgan fingerprint density at radius 2 is 1.06 bits per heavy atom. The first-order valence-electron chi connectivity index (χ1n) is 16.2. The lowest BCUT2D eigenvalue weighted by atomic mass is 9.99. The molecule has 0 unspecified atom stereocenters. The smallest absolute Gasteiger partial charge is 0.117 e. The van der Waals surface area contributed by atoms with Crippen LogP contribution in [0.1, 0.15) is 11.4 Å². The summed E-state index contributed by atoms with van der Waals surface area (Å²) in [6.45, 7) is 0. The third kappa shape index (κ3) is 6.46. The van der Waals surface area contributed by atoms with E-state index >= 15 is 0 Å². The van der Waals surface area contributed by atoms with Gasteiger partial charge in [-0.1, -0.05) is 60.7 Å². The topological polar surface area (TPSA) is 116 Å². The lowest BCUT2D eigenvalue weighted by molar-refractivity contribution is 1.12. The fraction of sp³-hybridized carbons (Fsp3) is 0.0238. The molecule has 0 saturated heterocycles. The number of nitrogens with zero attached hydrogens (tertiary/aromatic N) is 7. The van der Waals surface area contributed by atoms with Crippen molar-refractivity contribution in [3.05, 3.63) is 170 Å². The quantitative estimate of drug-likeness (QED) is 0.130. The maximum Gasteiger partial charge on any atom is 0.117 e. The van der Waals surface area contributed by atoms with Crippen molar-refractivity contribution in [3.8, 4) is 45.0 Å². The molecule has 0 aliphatic heterocycles. The highest BCUT2D eigenvalue weighted by Gasteiger charge is 2.16. The van der Waals surface area contributed by atoms with Crippen molar-refractivity contribution in [1.82, 2.24) is 29.9 Å². The zero-order valence-electron chi connectivity index (χ0n) is 26.9. The zero-order valence-corrected chi connectivity index (χ0v) is 26.9. The van der Waals surface area contributed by atoms with Gasteiger partial charge < -0.3 is 5.73 Å². The molecule has 5 heterocycles. The van der Waals surface area contributed by atoms with Crippen molar-refractivity contribution in [2.75, 3.05) is 5.73 Å². The van der Waals surface area contributed by atoms with Gasteiger partial charge >= 0.3 is 0 Å². The third-order valence-corrected chi connectivity index (χ3v) is 8.35. The normalized spacial score (nSPS) is 11.5. The molecule has 0 fully saturated rings. The Labute approximate surface area is 289 Å². The number of fused-ring (bicyclic) bond motifs is 1. The van der Waals surface area contributed by atoms with Crippen LogP contribution in [-0.4, -0.2) is 35.6 Å². The van der Waals surface area contributed by atoms with Gasteiger partial charge in [-0.3, -0.25) is 19.9 Å². The number of aromatic nitrogens is 6. The predicted octanol–water partition coefficient (Wildman–Crippen LogP) is 8.82. The van der Waals surface area contributed by atoms with Crippen LogP contribution in [0.15, 0.2) is 163 Å². The minimum atomic E-state index is 0.538. The van der Waals surface area contributed by atoms with Crippen LogP contribution in [-0.2, 0) is 6.42 Å². The Morgan fingerprint density at radius 3 is 1.64 bits per heavy atom. The van der Waals surface area contributed by atoms with Gasteiger partial charge in [0.25, 0.3) is 0 Å². The molecule has 2 N–H and O–H groups in total. The van der Waals surface area contributed by atoms with Crippen LogP contribution in [0.2, 0.25) is 0 Å². The van der Waals surface area contributed by atoms with E-state index in [0.29, 0.717) is 29.2 Å². The number of hydrogen-bond acceptors (Lipinski definition) is 8. The second-order valence-electron chi connectivity index (χ2n) is 11.7. The molecule has 0 saturated carbocycles. The van der Waals surface area contributed by atoms with Gasteiger partial charge in [-0.15, -0.1) is 0 Å². The van der Waals surface area contributed by atoms with E-state index in [-0.39, 0.29) is 0 Å². The van der Waals surface area contributed by atoms with Crippen LogP contribution in [0.5, 0.6) is 0 Å². The SMILES string of the molecule is Nc1cc(-c2ccc(-c3ccc4nc(-c5ccccn5)c(-c5ccccn5)nc4c3)cc2)ccc1/N=C(\Cc1ccccn1)c1ccccn1. The third-order valence-electron chi connectivity index (χ3n) is 8.35. The van der Waals surface area contributed by atoms with Crippen molar-refractivity contribution in [3.63, 3.8) is 0 Å². The monoisotopic (exact) mass is 646 g/mol. The molecule has 3 aromatic carbocycles. The Hall–Kier alpha value is -6.93. The molecular formula is C42H30N8. The number of aliphatic imine (C=N–C) groups is 1. The van der Waals surface area contributed by atoms with E-state index in [1.807, 2.05) is 97.1 Å². The zero-order chi connectivity index (χ0) is 33.7. The van der Waals surface area contributed by atoms with E-state index in [2.05, 4.69) is 56.3 Å². The first kappa shape index (κ1) is 30.4. The Morgan fingerprint density at radius 1 is 0.500 bits per heavy atom. The van der Waals surface area contributed by atoms with Crippen molar-refractivity contribution >= 4 is 28.1 Å². The van der Waals surface area contributed by atoms with E-state index in [1.165, 1.54) is 0 Å². The van der Waals surface area contributed by atoms with E-state index in [0.717, 1.165) is 61.8 Å². The maximum atomic E-state index is 6.59. The first-order valence-corrected chi connectivity index (χ1v) is 16.2. The number of anilines is 1. The molecule has 8 nitrogen and oxygen atoms in total. The first-order chi connectivity index (χ1) is 24.7. The lowest BCUT2D eigenvalue weighted by Crippen LogP contribution is -2.08. The summed E-state index contributed by atoms with van der Waals surface area (Å²) in [4.78, 5) is 33.1. The van der Waals surface area contributed by atoms with Crippen LogP contribution < -0.4 is 5.73 Å². The molecule has 0 amide bonds. The van der Waals surface area contributed by atoms with Crippen LogP contribution in [0.25, 0.3) is 56.1 Å². The fourth-order valence-electron chi connectivity index (χ4n) is 5.83. The van der Waals surface area contributed by atoms with E-state index in [1.54, 1.807) is 24.8 Å². The molecule has 8 heteroatoms. The molecular weight excluding hydrogens is 617 g/mol. The number of pyridine rings is 4. The van der Waals surface area contributed by atoms with Crippen LogP contribution >= 0.6 is 0 Å². The molecule has 0 aliphatic carbocycles. The van der Waals surface area contributed by atoms with Crippen molar-refractivity contribution in [2.24, 2.45) is 4.99 Å². The summed E-state index contributed by atoms with van der Waals surface area (Å²) in [5.41, 5.74) is 19.0. The van der Waals surface area contributed by atoms with Crippen molar-refractivity contribution in [1.29, 1.82) is 0 Å². The molecule has 0 aliphatic rings. The largest absolute Gasteiger partial charge is 0.397 e. The highest BCUT2D eigenvalue weighted by molar-refractivity contribution is 6.02. The average Bonchev–Trinajstić information content (AvgIpc) is 3.19. The molecule has 8 rings (SSSR count). The van der Waals surface area contributed by atoms with E-state index < -0.39 is 0 Å². The van der Waals surface area contributed by atoms with Crippen LogP contribution in [0.3, 0.4) is 0 Å². The number of nitrogen functional groups attached to an aromatic ring is 1. The summed E-state index contributed by atoms with van der Waals surface area (Å²) in [5, 5.41) is 0. The predicted molar refractivity (Wildman–Crippen MR) is 200 cm³/mol. The Balaban J connectivity index is 1.09. The Bertz CT molecular complexity index is 2430. The molecule has 5 aromatic heterocycles. The van der Waals surface area contributed by atoms with Crippen LogP contribution in [0.4, 0.5) is 11.4 Å². The maximum absolute atomic E-state index is 6.59. The van der Waals surface area contributed by atoms with Crippen molar-refractivity contribution in [2.45, 2.75) is 6.42 Å². The van der Waals surface area contributed by atoms with Gasteiger partial charge in [-0.25, -0.2) is 15.0 Å². The molecule has 0 radical (unpaired) electrons. The summed E-state index contributed by atoms with van der Waals surface area (Å²) in [6, 6.07) is 43.8. The van der Waals surface area contributed by atoms with Gasteiger partial charge in [-0.05, 0) is 95.1 Å². The average molecular weight is 647 g/mol. The molecule has 238 valence electrons. The molecule has 8 aromatic rings. The summed E-state index contributed by atoms with van der Waals surface area (Å²) < 4.78 is 0. The highest BCUT2D eigenvalue weighted by Crippen LogP contribution is 2.33. The van der Waals surface area contributed by atoms with Gasteiger partial charge in [0.05, 0.1) is 45.2 Å². The minimum Gasteiger partial charge on any atom is -0.397 e. The van der Waals surface area contributed by atoms with Gasteiger partial charge in [0.2, 0.25) is 0 Å². The Kier molecular flexibility index (Phi) is 8.31. The van der Waals surface area contributed by atoms with E-state index in [9.17, 15) is 0 Å². The van der Waals surface area contributed by atoms with Gasteiger partial charge in [-0.2, -0.15) is 0 Å².